The van der Waals surface area contributed by atoms with Gasteiger partial charge in [-0.1, -0.05) is 11.6 Å². The zero-order chi connectivity index (χ0) is 12.8. The van der Waals surface area contributed by atoms with E-state index in [9.17, 15) is 4.79 Å². The van der Waals surface area contributed by atoms with Crippen molar-refractivity contribution in [3.8, 4) is 0 Å². The quantitative estimate of drug-likeness (QED) is 0.778. The monoisotopic (exact) mass is 275 g/mol. The Hall–Kier alpha value is -0.420. The van der Waals surface area contributed by atoms with Crippen LogP contribution in [-0.2, 0) is 0 Å². The van der Waals surface area contributed by atoms with Gasteiger partial charge in [0.2, 0.25) is 0 Å². The second-order valence-electron chi connectivity index (χ2n) is 4.13. The van der Waals surface area contributed by atoms with Gasteiger partial charge in [0, 0.05) is 25.6 Å². The molecule has 3 nitrogen and oxygen atoms in total. The standard InChI is InChI=1S/C12H18ClNO2S/c1-9(2)14(7-8-15)6-5-10(16)11-3-4-12(13)17-11/h3-4,9,15H,5-8H2,1-2H3. The molecule has 1 rings (SSSR count). The molecular weight excluding hydrogens is 258 g/mol. The predicted octanol–water partition coefficient (Wildman–Crippen LogP) is 2.68. The molecule has 0 aliphatic heterocycles. The first kappa shape index (κ1) is 14.6. The highest BCUT2D eigenvalue weighted by Gasteiger charge is 2.13. The number of carbonyl (C=O) groups excluding carboxylic acids is 1. The molecule has 5 heteroatoms. The minimum absolute atomic E-state index is 0.116. The van der Waals surface area contributed by atoms with E-state index in [0.29, 0.717) is 34.8 Å². The summed E-state index contributed by atoms with van der Waals surface area (Å²) in [5.74, 6) is 0.116. The molecule has 0 aliphatic carbocycles. The van der Waals surface area contributed by atoms with Gasteiger partial charge in [0.25, 0.3) is 0 Å². The predicted molar refractivity (Wildman–Crippen MR) is 72.1 cm³/mol. The molecule has 1 heterocycles. The molecule has 0 saturated heterocycles. The van der Waals surface area contributed by atoms with Crippen LogP contribution in [0.3, 0.4) is 0 Å². The van der Waals surface area contributed by atoms with Crippen molar-refractivity contribution in [3.05, 3.63) is 21.3 Å². The van der Waals surface area contributed by atoms with Gasteiger partial charge in [0.1, 0.15) is 0 Å². The molecule has 0 bridgehead atoms. The zero-order valence-electron chi connectivity index (χ0n) is 10.1. The minimum atomic E-state index is 0.116. The van der Waals surface area contributed by atoms with Gasteiger partial charge in [0.05, 0.1) is 15.8 Å². The Morgan fingerprint density at radius 3 is 2.65 bits per heavy atom. The Labute approximate surface area is 111 Å². The molecule has 1 N–H and O–H groups in total. The number of rotatable bonds is 7. The summed E-state index contributed by atoms with van der Waals surface area (Å²) in [5, 5.41) is 8.93. The van der Waals surface area contributed by atoms with Crippen molar-refractivity contribution in [2.24, 2.45) is 0 Å². The molecule has 96 valence electrons. The third-order valence-corrected chi connectivity index (χ3v) is 3.86. The average Bonchev–Trinajstić information content (AvgIpc) is 2.70. The number of nitrogens with zero attached hydrogens (tertiary/aromatic N) is 1. The third kappa shape index (κ3) is 4.76. The summed E-state index contributed by atoms with van der Waals surface area (Å²) in [4.78, 5) is 14.7. The van der Waals surface area contributed by atoms with Gasteiger partial charge < -0.3 is 5.11 Å². The fourth-order valence-corrected chi connectivity index (χ4v) is 2.60. The van der Waals surface area contributed by atoms with Crippen LogP contribution in [0.5, 0.6) is 0 Å². The summed E-state index contributed by atoms with van der Waals surface area (Å²) in [6.45, 7) is 5.52. The van der Waals surface area contributed by atoms with Crippen molar-refractivity contribution < 1.29 is 9.90 Å². The van der Waals surface area contributed by atoms with Crippen molar-refractivity contribution in [3.63, 3.8) is 0 Å². The van der Waals surface area contributed by atoms with Crippen LogP contribution in [0.2, 0.25) is 4.34 Å². The zero-order valence-corrected chi connectivity index (χ0v) is 11.7. The highest BCUT2D eigenvalue weighted by Crippen LogP contribution is 2.22. The summed E-state index contributed by atoms with van der Waals surface area (Å²) < 4.78 is 0.643. The summed E-state index contributed by atoms with van der Waals surface area (Å²) >= 11 is 7.11. The fraction of sp³-hybridized carbons (Fsp3) is 0.583. The van der Waals surface area contributed by atoms with E-state index in [1.807, 2.05) is 0 Å². The second-order valence-corrected chi connectivity index (χ2v) is 5.85. The first-order chi connectivity index (χ1) is 8.04. The number of halogens is 1. The van der Waals surface area contributed by atoms with Gasteiger partial charge in [0.15, 0.2) is 5.78 Å². The highest BCUT2D eigenvalue weighted by atomic mass is 35.5. The maximum Gasteiger partial charge on any atom is 0.174 e. The highest BCUT2D eigenvalue weighted by molar-refractivity contribution is 7.18. The van der Waals surface area contributed by atoms with Crippen molar-refractivity contribution in [1.82, 2.24) is 4.90 Å². The largest absolute Gasteiger partial charge is 0.395 e. The fourth-order valence-electron chi connectivity index (χ4n) is 1.59. The number of thiophene rings is 1. The molecule has 1 aromatic heterocycles. The number of ketones is 1. The van der Waals surface area contributed by atoms with Crippen molar-refractivity contribution >= 4 is 28.7 Å². The third-order valence-electron chi connectivity index (χ3n) is 2.59. The lowest BCUT2D eigenvalue weighted by atomic mass is 10.2. The SMILES string of the molecule is CC(C)N(CCO)CCC(=O)c1ccc(Cl)s1. The van der Waals surface area contributed by atoms with Gasteiger partial charge in [-0.15, -0.1) is 11.3 Å². The van der Waals surface area contributed by atoms with Crippen LogP contribution in [0.15, 0.2) is 12.1 Å². The van der Waals surface area contributed by atoms with Crippen molar-refractivity contribution in [2.45, 2.75) is 26.3 Å². The van der Waals surface area contributed by atoms with Crippen LogP contribution >= 0.6 is 22.9 Å². The normalized spacial score (nSPS) is 11.4. The molecule has 0 saturated carbocycles. The maximum absolute atomic E-state index is 11.9. The minimum Gasteiger partial charge on any atom is -0.395 e. The van der Waals surface area contributed by atoms with Crippen LogP contribution in [-0.4, -0.2) is 41.5 Å². The first-order valence-electron chi connectivity index (χ1n) is 5.68. The molecule has 0 unspecified atom stereocenters. The lowest BCUT2D eigenvalue weighted by Gasteiger charge is -2.24. The number of hydrogen-bond acceptors (Lipinski definition) is 4. The lowest BCUT2D eigenvalue weighted by molar-refractivity contribution is 0.0947. The lowest BCUT2D eigenvalue weighted by Crippen LogP contribution is -2.35. The van der Waals surface area contributed by atoms with Gasteiger partial charge in [-0.2, -0.15) is 0 Å². The Balaban J connectivity index is 2.46. The molecule has 1 aromatic rings. The Morgan fingerprint density at radius 1 is 1.47 bits per heavy atom. The average molecular weight is 276 g/mol. The van der Waals surface area contributed by atoms with Crippen LogP contribution in [0.1, 0.15) is 29.9 Å². The van der Waals surface area contributed by atoms with Gasteiger partial charge in [-0.3, -0.25) is 9.69 Å². The molecular formula is C12H18ClNO2S. The number of hydrogen-bond donors (Lipinski definition) is 1. The maximum atomic E-state index is 11.9. The van der Waals surface area contributed by atoms with E-state index >= 15 is 0 Å². The van der Waals surface area contributed by atoms with E-state index in [4.69, 9.17) is 16.7 Å². The molecule has 0 radical (unpaired) electrons. The number of carbonyl (C=O) groups is 1. The first-order valence-corrected chi connectivity index (χ1v) is 6.87. The molecule has 0 aromatic carbocycles. The molecule has 0 atom stereocenters. The van der Waals surface area contributed by atoms with Crippen molar-refractivity contribution in [2.75, 3.05) is 19.7 Å². The Bertz CT molecular complexity index is 365. The molecule has 0 amide bonds. The smallest absolute Gasteiger partial charge is 0.174 e. The van der Waals surface area contributed by atoms with E-state index in [0.717, 1.165) is 0 Å². The van der Waals surface area contributed by atoms with Crippen LogP contribution in [0.25, 0.3) is 0 Å². The molecule has 0 aliphatic rings. The topological polar surface area (TPSA) is 40.5 Å². The number of Topliss-reactive ketones (excluding diaryl/α,β-unsaturated/α-hetero) is 1. The second kappa shape index (κ2) is 7.11. The molecule has 0 fully saturated rings. The molecule has 17 heavy (non-hydrogen) atoms. The Kier molecular flexibility index (Phi) is 6.12. The van der Waals surface area contributed by atoms with Crippen LogP contribution < -0.4 is 0 Å². The van der Waals surface area contributed by atoms with E-state index in [-0.39, 0.29) is 12.4 Å². The van der Waals surface area contributed by atoms with E-state index in [1.165, 1.54) is 11.3 Å². The van der Waals surface area contributed by atoms with Gasteiger partial charge in [-0.05, 0) is 26.0 Å². The summed E-state index contributed by atoms with van der Waals surface area (Å²) in [6.07, 6.45) is 0.467. The Morgan fingerprint density at radius 2 is 2.18 bits per heavy atom. The van der Waals surface area contributed by atoms with Gasteiger partial charge >= 0.3 is 0 Å². The van der Waals surface area contributed by atoms with Crippen LogP contribution in [0.4, 0.5) is 0 Å². The van der Waals surface area contributed by atoms with E-state index < -0.39 is 0 Å². The summed E-state index contributed by atoms with van der Waals surface area (Å²) in [6, 6.07) is 3.84. The summed E-state index contributed by atoms with van der Waals surface area (Å²) in [7, 11) is 0. The number of aliphatic hydroxyl groups excluding tert-OH is 1. The molecule has 0 spiro atoms. The van der Waals surface area contributed by atoms with Crippen molar-refractivity contribution in [1.29, 1.82) is 0 Å². The van der Waals surface area contributed by atoms with E-state index in [1.54, 1.807) is 12.1 Å². The van der Waals surface area contributed by atoms with E-state index in [2.05, 4.69) is 18.7 Å². The van der Waals surface area contributed by atoms with Gasteiger partial charge in [-0.25, -0.2) is 0 Å². The summed E-state index contributed by atoms with van der Waals surface area (Å²) in [5.41, 5.74) is 0. The van der Waals surface area contributed by atoms with Crippen LogP contribution in [0, 0.1) is 0 Å². The number of aliphatic hydroxyl groups is 1.